The van der Waals surface area contributed by atoms with Crippen LogP contribution in [0.25, 0.3) is 0 Å². The van der Waals surface area contributed by atoms with Gasteiger partial charge in [0.2, 0.25) is 0 Å². The molecule has 0 unspecified atom stereocenters. The molecule has 0 amide bonds. The molecule has 0 heterocycles. The molecule has 0 atom stereocenters. The summed E-state index contributed by atoms with van der Waals surface area (Å²) in [5.74, 6) is 0. The first-order valence-corrected chi connectivity index (χ1v) is 6.51. The highest BCUT2D eigenvalue weighted by atomic mass is 32.2. The van der Waals surface area contributed by atoms with Crippen molar-refractivity contribution in [3.05, 3.63) is 0 Å². The van der Waals surface area contributed by atoms with Crippen molar-refractivity contribution < 1.29 is 8.42 Å². The van der Waals surface area contributed by atoms with Crippen molar-refractivity contribution in [1.29, 1.82) is 0 Å². The van der Waals surface area contributed by atoms with Gasteiger partial charge in [-0.2, -0.15) is 17.4 Å². The van der Waals surface area contributed by atoms with E-state index in [1.165, 1.54) is 4.31 Å². The Balaban J connectivity index is 2.47. The summed E-state index contributed by atoms with van der Waals surface area (Å²) in [5.41, 5.74) is 5.35. The summed E-state index contributed by atoms with van der Waals surface area (Å²) < 4.78 is 27.5. The van der Waals surface area contributed by atoms with Crippen LogP contribution < -0.4 is 10.5 Å². The van der Waals surface area contributed by atoms with E-state index in [1.54, 1.807) is 0 Å². The Kier molecular flexibility index (Phi) is 4.31. The first-order chi connectivity index (χ1) is 6.60. The number of rotatable bonds is 7. The molecule has 1 aliphatic carbocycles. The van der Waals surface area contributed by atoms with Gasteiger partial charge in [-0.1, -0.05) is 6.92 Å². The molecule has 1 saturated carbocycles. The van der Waals surface area contributed by atoms with Gasteiger partial charge in [0.05, 0.1) is 0 Å². The lowest BCUT2D eigenvalue weighted by molar-refractivity contribution is 0.414. The number of hydrogen-bond donors (Lipinski definition) is 2. The average molecular weight is 221 g/mol. The molecular formula is C8H19N3O2S. The molecule has 1 rings (SSSR count). The van der Waals surface area contributed by atoms with Crippen molar-refractivity contribution in [1.82, 2.24) is 9.03 Å². The quantitative estimate of drug-likeness (QED) is 0.617. The minimum atomic E-state index is -3.25. The zero-order valence-electron chi connectivity index (χ0n) is 8.57. The fourth-order valence-electron chi connectivity index (χ4n) is 1.20. The smallest absolute Gasteiger partial charge is 0.279 e. The number of nitrogens with zero attached hydrogens (tertiary/aromatic N) is 1. The van der Waals surface area contributed by atoms with Gasteiger partial charge >= 0.3 is 0 Å². The van der Waals surface area contributed by atoms with Crippen LogP contribution in [0.2, 0.25) is 0 Å². The molecule has 6 heteroatoms. The van der Waals surface area contributed by atoms with Gasteiger partial charge in [0.15, 0.2) is 0 Å². The molecule has 0 saturated heterocycles. The maximum absolute atomic E-state index is 11.7. The van der Waals surface area contributed by atoms with Gasteiger partial charge in [0, 0.05) is 19.1 Å². The SMILES string of the molecule is CCN(CCCN)S(=O)(=O)NC1CC1. The second-order valence-electron chi connectivity index (χ2n) is 3.53. The van der Waals surface area contributed by atoms with Crippen LogP contribution in [0.4, 0.5) is 0 Å². The van der Waals surface area contributed by atoms with Gasteiger partial charge in [0.1, 0.15) is 0 Å². The van der Waals surface area contributed by atoms with E-state index < -0.39 is 10.2 Å². The third-order valence-electron chi connectivity index (χ3n) is 2.20. The van der Waals surface area contributed by atoms with Gasteiger partial charge in [-0.15, -0.1) is 0 Å². The van der Waals surface area contributed by atoms with E-state index in [-0.39, 0.29) is 6.04 Å². The second kappa shape index (κ2) is 5.06. The fraction of sp³-hybridized carbons (Fsp3) is 1.00. The largest absolute Gasteiger partial charge is 0.330 e. The highest BCUT2D eigenvalue weighted by Crippen LogP contribution is 2.20. The summed E-state index contributed by atoms with van der Waals surface area (Å²) in [6, 6.07) is 0.173. The molecule has 1 fully saturated rings. The maximum Gasteiger partial charge on any atom is 0.279 e. The summed E-state index contributed by atoms with van der Waals surface area (Å²) in [7, 11) is -3.25. The summed E-state index contributed by atoms with van der Waals surface area (Å²) in [4.78, 5) is 0. The predicted octanol–water partition coefficient (Wildman–Crippen LogP) is -0.346. The molecule has 0 radical (unpaired) electrons. The normalized spacial score (nSPS) is 17.6. The Morgan fingerprint density at radius 1 is 1.50 bits per heavy atom. The Morgan fingerprint density at radius 3 is 2.57 bits per heavy atom. The van der Waals surface area contributed by atoms with Gasteiger partial charge in [-0.3, -0.25) is 0 Å². The Morgan fingerprint density at radius 2 is 2.14 bits per heavy atom. The maximum atomic E-state index is 11.7. The Labute approximate surface area is 85.8 Å². The van der Waals surface area contributed by atoms with E-state index in [4.69, 9.17) is 5.73 Å². The van der Waals surface area contributed by atoms with Crippen molar-refractivity contribution in [2.75, 3.05) is 19.6 Å². The van der Waals surface area contributed by atoms with Crippen LogP contribution in [-0.2, 0) is 10.2 Å². The molecule has 0 aromatic rings. The highest BCUT2D eigenvalue weighted by molar-refractivity contribution is 7.87. The second-order valence-corrected chi connectivity index (χ2v) is 5.23. The average Bonchev–Trinajstić information content (AvgIpc) is 2.88. The zero-order valence-corrected chi connectivity index (χ0v) is 9.39. The van der Waals surface area contributed by atoms with E-state index in [9.17, 15) is 8.42 Å². The lowest BCUT2D eigenvalue weighted by Gasteiger charge is -2.20. The van der Waals surface area contributed by atoms with Crippen molar-refractivity contribution >= 4 is 10.2 Å². The first kappa shape index (κ1) is 11.9. The standard InChI is InChI=1S/C8H19N3O2S/c1-2-11(7-3-6-9)14(12,13)10-8-4-5-8/h8,10H,2-7,9H2,1H3. The topological polar surface area (TPSA) is 75.4 Å². The number of nitrogens with one attached hydrogen (secondary N) is 1. The predicted molar refractivity (Wildman–Crippen MR) is 56.0 cm³/mol. The van der Waals surface area contributed by atoms with Gasteiger partial charge < -0.3 is 5.73 Å². The minimum Gasteiger partial charge on any atom is -0.330 e. The summed E-state index contributed by atoms with van der Waals surface area (Å²) in [6.45, 7) is 3.37. The molecule has 3 N–H and O–H groups in total. The molecule has 0 aliphatic heterocycles. The van der Waals surface area contributed by atoms with E-state index in [0.717, 1.165) is 12.8 Å². The van der Waals surface area contributed by atoms with E-state index in [1.807, 2.05) is 6.92 Å². The van der Waals surface area contributed by atoms with Gasteiger partial charge in [-0.05, 0) is 25.8 Å². The van der Waals surface area contributed by atoms with Crippen LogP contribution in [0.3, 0.4) is 0 Å². The summed E-state index contributed by atoms with van der Waals surface area (Å²) >= 11 is 0. The van der Waals surface area contributed by atoms with E-state index in [2.05, 4.69) is 4.72 Å². The fourth-order valence-corrected chi connectivity index (χ4v) is 2.72. The minimum absolute atomic E-state index is 0.173. The zero-order chi connectivity index (χ0) is 10.6. The third kappa shape index (κ3) is 3.53. The van der Waals surface area contributed by atoms with Crippen LogP contribution in [0.15, 0.2) is 0 Å². The van der Waals surface area contributed by atoms with Crippen LogP contribution in [0.5, 0.6) is 0 Å². The molecule has 0 aromatic heterocycles. The van der Waals surface area contributed by atoms with E-state index >= 15 is 0 Å². The molecular weight excluding hydrogens is 202 g/mol. The van der Waals surface area contributed by atoms with Crippen molar-refractivity contribution in [3.8, 4) is 0 Å². The highest BCUT2D eigenvalue weighted by Gasteiger charge is 2.29. The van der Waals surface area contributed by atoms with Crippen molar-refractivity contribution in [3.63, 3.8) is 0 Å². The van der Waals surface area contributed by atoms with Gasteiger partial charge in [-0.25, -0.2) is 0 Å². The Hall–Kier alpha value is -0.170. The van der Waals surface area contributed by atoms with Crippen LogP contribution in [-0.4, -0.2) is 38.4 Å². The molecule has 0 aromatic carbocycles. The molecule has 1 aliphatic rings. The lowest BCUT2D eigenvalue weighted by atomic mass is 10.4. The molecule has 5 nitrogen and oxygen atoms in total. The lowest BCUT2D eigenvalue weighted by Crippen LogP contribution is -2.42. The van der Waals surface area contributed by atoms with Crippen LogP contribution >= 0.6 is 0 Å². The Bertz CT molecular complexity index is 262. The number of nitrogens with two attached hydrogens (primary N) is 1. The monoisotopic (exact) mass is 221 g/mol. The molecule has 14 heavy (non-hydrogen) atoms. The third-order valence-corrected chi connectivity index (χ3v) is 3.95. The van der Waals surface area contributed by atoms with Crippen LogP contribution in [0.1, 0.15) is 26.2 Å². The molecule has 0 bridgehead atoms. The number of hydrogen-bond acceptors (Lipinski definition) is 3. The molecule has 84 valence electrons. The van der Waals surface area contributed by atoms with Crippen LogP contribution in [0, 0.1) is 0 Å². The van der Waals surface area contributed by atoms with Crippen molar-refractivity contribution in [2.45, 2.75) is 32.2 Å². The van der Waals surface area contributed by atoms with Gasteiger partial charge in [0.25, 0.3) is 10.2 Å². The first-order valence-electron chi connectivity index (χ1n) is 5.07. The van der Waals surface area contributed by atoms with E-state index in [0.29, 0.717) is 26.1 Å². The van der Waals surface area contributed by atoms with Crippen molar-refractivity contribution in [2.24, 2.45) is 5.73 Å². The summed E-state index contributed by atoms with van der Waals surface area (Å²) in [5, 5.41) is 0. The summed E-state index contributed by atoms with van der Waals surface area (Å²) in [6.07, 6.45) is 2.64. The molecule has 0 spiro atoms.